The molecule has 0 saturated heterocycles. The molecule has 0 aliphatic heterocycles. The van der Waals surface area contributed by atoms with Crippen LogP contribution < -0.4 is 0 Å². The molecule has 1 nitrogen and oxygen atoms in total. The molecule has 0 fully saturated rings. The van der Waals surface area contributed by atoms with Crippen molar-refractivity contribution in [2.45, 2.75) is 64.2 Å². The molecule has 0 radical (unpaired) electrons. The van der Waals surface area contributed by atoms with Crippen LogP contribution in [-0.4, -0.2) is 13.9 Å². The smallest absolute Gasteiger partial charge is 0.155 e. The van der Waals surface area contributed by atoms with Gasteiger partial charge in [0.15, 0.2) is 5.78 Å². The fourth-order valence-corrected chi connectivity index (χ4v) is 2.93. The SMILES string of the molecule is C[Si](C)(C)CC=CCCCC1=CC(=O)CCC1. The van der Waals surface area contributed by atoms with Gasteiger partial charge < -0.3 is 0 Å². The van der Waals surface area contributed by atoms with Crippen molar-refractivity contribution in [2.24, 2.45) is 0 Å². The molecule has 0 spiro atoms. The molecule has 2 heteroatoms. The minimum absolute atomic E-state index is 0.334. The summed E-state index contributed by atoms with van der Waals surface area (Å²) in [5, 5.41) is 0. The topological polar surface area (TPSA) is 17.1 Å². The average molecular weight is 250 g/mol. The summed E-state index contributed by atoms with van der Waals surface area (Å²) in [7, 11) is -0.902. The summed E-state index contributed by atoms with van der Waals surface area (Å²) in [6.07, 6.45) is 13.0. The van der Waals surface area contributed by atoms with Crippen molar-refractivity contribution in [1.29, 1.82) is 0 Å². The van der Waals surface area contributed by atoms with Crippen LogP contribution in [0.25, 0.3) is 0 Å². The molecule has 0 N–H and O–H groups in total. The van der Waals surface area contributed by atoms with Crippen LogP contribution in [0.1, 0.15) is 38.5 Å². The molecule has 0 unspecified atom stereocenters. The largest absolute Gasteiger partial charge is 0.295 e. The van der Waals surface area contributed by atoms with Crippen LogP contribution in [0.3, 0.4) is 0 Å². The summed E-state index contributed by atoms with van der Waals surface area (Å²) in [6, 6.07) is 1.29. The first kappa shape index (κ1) is 14.4. The summed E-state index contributed by atoms with van der Waals surface area (Å²) < 4.78 is 0. The third-order valence-electron chi connectivity index (χ3n) is 3.05. The number of rotatable bonds is 6. The normalized spacial score (nSPS) is 17.6. The summed E-state index contributed by atoms with van der Waals surface area (Å²) in [6.45, 7) is 7.20. The maximum Gasteiger partial charge on any atom is 0.155 e. The van der Waals surface area contributed by atoms with E-state index < -0.39 is 8.07 Å². The Morgan fingerprint density at radius 1 is 1.24 bits per heavy atom. The highest BCUT2D eigenvalue weighted by atomic mass is 28.3. The fraction of sp³-hybridized carbons (Fsp3) is 0.667. The Bertz CT molecular complexity index is 307. The Labute approximate surface area is 107 Å². The summed E-state index contributed by atoms with van der Waals surface area (Å²) in [4.78, 5) is 11.2. The number of ketones is 1. The zero-order valence-electron chi connectivity index (χ0n) is 11.6. The molecular weight excluding hydrogens is 224 g/mol. The maximum absolute atomic E-state index is 11.2. The van der Waals surface area contributed by atoms with E-state index in [1.165, 1.54) is 18.0 Å². The Morgan fingerprint density at radius 2 is 2.00 bits per heavy atom. The second-order valence-electron chi connectivity index (χ2n) is 6.25. The van der Waals surface area contributed by atoms with E-state index in [0.29, 0.717) is 5.78 Å². The molecule has 96 valence electrons. The van der Waals surface area contributed by atoms with Gasteiger partial charge in [0, 0.05) is 14.5 Å². The lowest BCUT2D eigenvalue weighted by Crippen LogP contribution is -2.17. The fourth-order valence-electron chi connectivity index (χ4n) is 2.06. The van der Waals surface area contributed by atoms with Gasteiger partial charge >= 0.3 is 0 Å². The van der Waals surface area contributed by atoms with Gasteiger partial charge in [-0.3, -0.25) is 4.79 Å². The molecule has 17 heavy (non-hydrogen) atoms. The quantitative estimate of drug-likeness (QED) is 0.378. The van der Waals surface area contributed by atoms with Crippen LogP contribution in [0.2, 0.25) is 25.7 Å². The third kappa shape index (κ3) is 7.32. The van der Waals surface area contributed by atoms with Crippen LogP contribution in [0.15, 0.2) is 23.8 Å². The Balaban J connectivity index is 2.14. The van der Waals surface area contributed by atoms with Crippen LogP contribution in [0.5, 0.6) is 0 Å². The van der Waals surface area contributed by atoms with Crippen molar-refractivity contribution in [3.05, 3.63) is 23.8 Å². The third-order valence-corrected chi connectivity index (χ3v) is 4.51. The van der Waals surface area contributed by atoms with Gasteiger partial charge in [-0.1, -0.05) is 37.4 Å². The molecule has 1 aliphatic carbocycles. The molecule has 0 aromatic rings. The van der Waals surface area contributed by atoms with E-state index in [1.54, 1.807) is 0 Å². The van der Waals surface area contributed by atoms with E-state index in [9.17, 15) is 4.79 Å². The predicted octanol–water partition coefficient (Wildman–Crippen LogP) is 4.73. The lowest BCUT2D eigenvalue weighted by atomic mass is 9.95. The van der Waals surface area contributed by atoms with Gasteiger partial charge in [0.2, 0.25) is 0 Å². The Hall–Kier alpha value is -0.633. The first-order chi connectivity index (χ1) is 7.97. The highest BCUT2D eigenvalue weighted by Crippen LogP contribution is 2.20. The minimum atomic E-state index is -0.902. The van der Waals surface area contributed by atoms with Gasteiger partial charge in [-0.25, -0.2) is 0 Å². The van der Waals surface area contributed by atoms with Crippen LogP contribution in [0, 0.1) is 0 Å². The number of carbonyl (C=O) groups is 1. The zero-order valence-corrected chi connectivity index (χ0v) is 12.6. The molecule has 0 heterocycles. The number of hydrogen-bond acceptors (Lipinski definition) is 1. The molecule has 1 rings (SSSR count). The van der Waals surface area contributed by atoms with Crippen molar-refractivity contribution in [1.82, 2.24) is 0 Å². The monoisotopic (exact) mass is 250 g/mol. The standard InChI is InChI=1S/C15H26OSi/c1-17(2,3)12-7-5-4-6-9-14-10-8-11-15(16)13-14/h5,7,13H,4,6,8-12H2,1-3H3. The predicted molar refractivity (Wildman–Crippen MR) is 78.1 cm³/mol. The number of unbranched alkanes of at least 4 members (excludes halogenated alkanes) is 1. The summed E-state index contributed by atoms with van der Waals surface area (Å²) >= 11 is 0. The van der Waals surface area contributed by atoms with Crippen molar-refractivity contribution in [2.75, 3.05) is 0 Å². The zero-order chi connectivity index (χ0) is 12.7. The number of carbonyl (C=O) groups excluding carboxylic acids is 1. The Kier molecular flexibility index (Phi) is 5.90. The lowest BCUT2D eigenvalue weighted by Gasteiger charge is -2.12. The van der Waals surface area contributed by atoms with Crippen LogP contribution in [0.4, 0.5) is 0 Å². The van der Waals surface area contributed by atoms with Gasteiger partial charge in [-0.05, 0) is 44.2 Å². The van der Waals surface area contributed by atoms with Gasteiger partial charge in [0.05, 0.1) is 0 Å². The lowest BCUT2D eigenvalue weighted by molar-refractivity contribution is -0.115. The van der Waals surface area contributed by atoms with Crippen molar-refractivity contribution in [3.8, 4) is 0 Å². The molecule has 0 bridgehead atoms. The molecule has 0 amide bonds. The van der Waals surface area contributed by atoms with Crippen LogP contribution >= 0.6 is 0 Å². The number of allylic oxidation sites excluding steroid dienone is 4. The molecule has 0 saturated carbocycles. The molecule has 1 aliphatic rings. The van der Waals surface area contributed by atoms with Gasteiger partial charge in [-0.15, -0.1) is 0 Å². The van der Waals surface area contributed by atoms with E-state index in [0.717, 1.165) is 32.1 Å². The molecule has 0 atom stereocenters. The summed E-state index contributed by atoms with van der Waals surface area (Å²) in [5.74, 6) is 0.334. The Morgan fingerprint density at radius 3 is 2.65 bits per heavy atom. The molecule has 0 aromatic heterocycles. The van der Waals surface area contributed by atoms with Crippen molar-refractivity contribution < 1.29 is 4.79 Å². The van der Waals surface area contributed by atoms with E-state index in [-0.39, 0.29) is 0 Å². The second-order valence-corrected chi connectivity index (χ2v) is 11.8. The van der Waals surface area contributed by atoms with E-state index >= 15 is 0 Å². The summed E-state index contributed by atoms with van der Waals surface area (Å²) in [5.41, 5.74) is 1.37. The maximum atomic E-state index is 11.2. The number of hydrogen-bond donors (Lipinski definition) is 0. The highest BCUT2D eigenvalue weighted by molar-refractivity contribution is 6.76. The first-order valence-electron chi connectivity index (χ1n) is 6.85. The van der Waals surface area contributed by atoms with Crippen molar-refractivity contribution in [3.63, 3.8) is 0 Å². The molecule has 0 aromatic carbocycles. The first-order valence-corrected chi connectivity index (χ1v) is 10.6. The van der Waals surface area contributed by atoms with E-state index in [2.05, 4.69) is 31.8 Å². The molecular formula is C15H26OSi. The minimum Gasteiger partial charge on any atom is -0.295 e. The van der Waals surface area contributed by atoms with Gasteiger partial charge in [0.1, 0.15) is 0 Å². The second kappa shape index (κ2) is 6.95. The van der Waals surface area contributed by atoms with E-state index in [4.69, 9.17) is 0 Å². The van der Waals surface area contributed by atoms with Gasteiger partial charge in [0.25, 0.3) is 0 Å². The van der Waals surface area contributed by atoms with Gasteiger partial charge in [-0.2, -0.15) is 0 Å². The highest BCUT2D eigenvalue weighted by Gasteiger charge is 2.10. The van der Waals surface area contributed by atoms with E-state index in [1.807, 2.05) is 6.08 Å². The van der Waals surface area contributed by atoms with Crippen LogP contribution in [-0.2, 0) is 4.79 Å². The average Bonchev–Trinajstić information content (AvgIpc) is 2.22. The van der Waals surface area contributed by atoms with Crippen molar-refractivity contribution >= 4 is 13.9 Å².